The Hall–Kier alpha value is -1.65. The molecule has 0 saturated heterocycles. The molecule has 2 N–H and O–H groups in total. The molecular formula is C14H14ClNO3. The van der Waals surface area contributed by atoms with Gasteiger partial charge < -0.3 is 10.4 Å². The summed E-state index contributed by atoms with van der Waals surface area (Å²) in [6, 6.07) is 6.63. The number of rotatable bonds is 5. The maximum atomic E-state index is 12.2. The zero-order valence-corrected chi connectivity index (χ0v) is 11.0. The van der Waals surface area contributed by atoms with Crippen molar-refractivity contribution in [3.63, 3.8) is 0 Å². The fourth-order valence-corrected chi connectivity index (χ4v) is 2.21. The Kier molecular flexibility index (Phi) is 4.35. The van der Waals surface area contributed by atoms with Gasteiger partial charge in [-0.15, -0.1) is 0 Å². The molecule has 100 valence electrons. The molecule has 0 atom stereocenters. The number of unbranched alkanes of at least 4 members (excludes halogenated alkanes) is 1. The van der Waals surface area contributed by atoms with Gasteiger partial charge in [-0.1, -0.05) is 35.9 Å². The fourth-order valence-electron chi connectivity index (χ4n) is 1.95. The standard InChI is InChI=1S/C14H14ClNO3/c15-11-12(16-7-3-4-8-17)14(19)10-6-2-1-5-9(10)13(11)18/h1-2,5-6,16-17H,3-4,7-8H2. The average Bonchev–Trinajstić information content (AvgIpc) is 2.44. The number of allylic oxidation sites excluding steroid dienone is 2. The number of aliphatic hydroxyl groups is 1. The highest BCUT2D eigenvalue weighted by Gasteiger charge is 2.30. The molecule has 0 radical (unpaired) electrons. The third kappa shape index (κ3) is 2.69. The lowest BCUT2D eigenvalue weighted by atomic mass is 9.92. The third-order valence-corrected chi connectivity index (χ3v) is 3.31. The van der Waals surface area contributed by atoms with Crippen molar-refractivity contribution in [2.75, 3.05) is 13.2 Å². The maximum Gasteiger partial charge on any atom is 0.211 e. The summed E-state index contributed by atoms with van der Waals surface area (Å²) in [5.41, 5.74) is 0.878. The van der Waals surface area contributed by atoms with E-state index >= 15 is 0 Å². The second-order valence-corrected chi connectivity index (χ2v) is 4.63. The van der Waals surface area contributed by atoms with Crippen LogP contribution in [0.25, 0.3) is 0 Å². The molecule has 0 aliphatic heterocycles. The summed E-state index contributed by atoms with van der Waals surface area (Å²) in [5, 5.41) is 11.5. The molecule has 4 nitrogen and oxygen atoms in total. The van der Waals surface area contributed by atoms with Gasteiger partial charge in [-0.2, -0.15) is 0 Å². The number of hydrogen-bond acceptors (Lipinski definition) is 4. The molecule has 0 saturated carbocycles. The average molecular weight is 280 g/mol. The van der Waals surface area contributed by atoms with E-state index in [1.54, 1.807) is 24.3 Å². The molecular weight excluding hydrogens is 266 g/mol. The smallest absolute Gasteiger partial charge is 0.211 e. The maximum absolute atomic E-state index is 12.2. The molecule has 0 fully saturated rings. The predicted octanol–water partition coefficient (Wildman–Crippen LogP) is 1.88. The van der Waals surface area contributed by atoms with Gasteiger partial charge in [0.1, 0.15) is 10.7 Å². The van der Waals surface area contributed by atoms with Gasteiger partial charge in [0.05, 0.1) is 0 Å². The summed E-state index contributed by atoms with van der Waals surface area (Å²) < 4.78 is 0. The Balaban J connectivity index is 2.22. The normalized spacial score (nSPS) is 14.6. The highest BCUT2D eigenvalue weighted by molar-refractivity contribution is 6.49. The monoisotopic (exact) mass is 279 g/mol. The predicted molar refractivity (Wildman–Crippen MR) is 72.3 cm³/mol. The number of nitrogens with one attached hydrogen (secondary N) is 1. The van der Waals surface area contributed by atoms with Crippen LogP contribution in [0.1, 0.15) is 33.6 Å². The van der Waals surface area contributed by atoms with Crippen molar-refractivity contribution in [3.8, 4) is 0 Å². The van der Waals surface area contributed by atoms with Gasteiger partial charge in [0.15, 0.2) is 0 Å². The topological polar surface area (TPSA) is 66.4 Å². The molecule has 1 aliphatic carbocycles. The number of carbonyl (C=O) groups excluding carboxylic acids is 2. The van der Waals surface area contributed by atoms with E-state index in [2.05, 4.69) is 5.32 Å². The fraction of sp³-hybridized carbons (Fsp3) is 0.286. The quantitative estimate of drug-likeness (QED) is 0.808. The van der Waals surface area contributed by atoms with Crippen molar-refractivity contribution in [1.29, 1.82) is 0 Å². The molecule has 19 heavy (non-hydrogen) atoms. The van der Waals surface area contributed by atoms with E-state index in [0.29, 0.717) is 30.5 Å². The van der Waals surface area contributed by atoms with Crippen LogP contribution in [0.5, 0.6) is 0 Å². The number of ketones is 2. The van der Waals surface area contributed by atoms with Crippen LogP contribution in [-0.4, -0.2) is 29.8 Å². The molecule has 1 aliphatic rings. The Bertz CT molecular complexity index is 551. The van der Waals surface area contributed by atoms with Crippen LogP contribution in [0.15, 0.2) is 35.0 Å². The molecule has 1 aromatic carbocycles. The lowest BCUT2D eigenvalue weighted by molar-refractivity contribution is 0.0974. The first-order chi connectivity index (χ1) is 9.16. The first kappa shape index (κ1) is 13.8. The van der Waals surface area contributed by atoms with Crippen LogP contribution in [0.2, 0.25) is 0 Å². The molecule has 5 heteroatoms. The number of fused-ring (bicyclic) bond motifs is 1. The molecule has 0 aromatic heterocycles. The Labute approximate surface area is 116 Å². The first-order valence-corrected chi connectivity index (χ1v) is 6.47. The summed E-state index contributed by atoms with van der Waals surface area (Å²) in [7, 11) is 0. The van der Waals surface area contributed by atoms with E-state index in [0.717, 1.165) is 0 Å². The number of halogens is 1. The minimum atomic E-state index is -0.332. The van der Waals surface area contributed by atoms with Crippen molar-refractivity contribution >= 4 is 23.2 Å². The summed E-state index contributed by atoms with van der Waals surface area (Å²) in [5.74, 6) is -0.592. The minimum absolute atomic E-state index is 0.0623. The van der Waals surface area contributed by atoms with Crippen molar-refractivity contribution in [1.82, 2.24) is 5.32 Å². The zero-order chi connectivity index (χ0) is 13.8. The highest BCUT2D eigenvalue weighted by Crippen LogP contribution is 2.26. The molecule has 0 unspecified atom stereocenters. The van der Waals surface area contributed by atoms with E-state index in [9.17, 15) is 9.59 Å². The van der Waals surface area contributed by atoms with Gasteiger partial charge in [0.25, 0.3) is 0 Å². The van der Waals surface area contributed by atoms with Crippen LogP contribution in [0.3, 0.4) is 0 Å². The Morgan fingerprint density at radius 1 is 1.05 bits per heavy atom. The summed E-state index contributed by atoms with van der Waals surface area (Å²) >= 11 is 5.97. The SMILES string of the molecule is O=C1C(Cl)=C(NCCCCO)C(=O)c2ccccc21. The van der Waals surface area contributed by atoms with Gasteiger partial charge in [-0.25, -0.2) is 0 Å². The van der Waals surface area contributed by atoms with Crippen molar-refractivity contribution in [2.24, 2.45) is 0 Å². The van der Waals surface area contributed by atoms with Crippen molar-refractivity contribution in [3.05, 3.63) is 46.1 Å². The largest absolute Gasteiger partial charge is 0.396 e. The number of carbonyl (C=O) groups is 2. The van der Waals surface area contributed by atoms with Crippen LogP contribution in [-0.2, 0) is 0 Å². The van der Waals surface area contributed by atoms with Gasteiger partial charge in [0, 0.05) is 24.3 Å². The molecule has 1 aromatic rings. The highest BCUT2D eigenvalue weighted by atomic mass is 35.5. The number of Topliss-reactive ketones (excluding diaryl/α,β-unsaturated/α-hetero) is 2. The molecule has 0 heterocycles. The van der Waals surface area contributed by atoms with Crippen molar-refractivity contribution < 1.29 is 14.7 Å². The Morgan fingerprint density at radius 3 is 2.32 bits per heavy atom. The van der Waals surface area contributed by atoms with Crippen LogP contribution >= 0.6 is 11.6 Å². The number of aliphatic hydroxyl groups excluding tert-OH is 1. The minimum Gasteiger partial charge on any atom is -0.396 e. The molecule has 0 amide bonds. The van der Waals surface area contributed by atoms with Gasteiger partial charge in [-0.05, 0) is 12.8 Å². The molecule has 2 rings (SSSR count). The van der Waals surface area contributed by atoms with E-state index in [1.807, 2.05) is 0 Å². The van der Waals surface area contributed by atoms with Gasteiger partial charge >= 0.3 is 0 Å². The molecule has 0 bridgehead atoms. The van der Waals surface area contributed by atoms with Crippen LogP contribution in [0.4, 0.5) is 0 Å². The van der Waals surface area contributed by atoms with E-state index in [4.69, 9.17) is 16.7 Å². The van der Waals surface area contributed by atoms with E-state index in [-0.39, 0.29) is 28.9 Å². The summed E-state index contributed by atoms with van der Waals surface area (Å²) in [4.78, 5) is 24.3. The number of benzene rings is 1. The Morgan fingerprint density at radius 2 is 1.68 bits per heavy atom. The second-order valence-electron chi connectivity index (χ2n) is 4.25. The summed E-state index contributed by atoms with van der Waals surface area (Å²) in [6.07, 6.45) is 1.34. The first-order valence-electron chi connectivity index (χ1n) is 6.09. The lowest BCUT2D eigenvalue weighted by Gasteiger charge is -2.18. The van der Waals surface area contributed by atoms with E-state index in [1.165, 1.54) is 0 Å². The van der Waals surface area contributed by atoms with E-state index < -0.39 is 0 Å². The molecule has 0 spiro atoms. The van der Waals surface area contributed by atoms with Gasteiger partial charge in [0.2, 0.25) is 11.6 Å². The summed E-state index contributed by atoms with van der Waals surface area (Å²) in [6.45, 7) is 0.595. The third-order valence-electron chi connectivity index (χ3n) is 2.95. The lowest BCUT2D eigenvalue weighted by Crippen LogP contribution is -2.29. The second kappa shape index (κ2) is 5.99. The number of hydrogen-bond donors (Lipinski definition) is 2. The van der Waals surface area contributed by atoms with Crippen LogP contribution < -0.4 is 5.32 Å². The van der Waals surface area contributed by atoms with Crippen molar-refractivity contribution in [2.45, 2.75) is 12.8 Å². The van der Waals surface area contributed by atoms with Crippen LogP contribution in [0, 0.1) is 0 Å². The van der Waals surface area contributed by atoms with Gasteiger partial charge in [-0.3, -0.25) is 9.59 Å². The zero-order valence-electron chi connectivity index (χ0n) is 10.3.